The highest BCUT2D eigenvalue weighted by molar-refractivity contribution is 7.98. The lowest BCUT2D eigenvalue weighted by atomic mass is 10.1. The van der Waals surface area contributed by atoms with E-state index in [1.807, 2.05) is 49.6 Å². The van der Waals surface area contributed by atoms with Crippen LogP contribution in [0.3, 0.4) is 0 Å². The number of rotatable bonds is 4. The van der Waals surface area contributed by atoms with Crippen molar-refractivity contribution in [2.24, 2.45) is 10.9 Å². The van der Waals surface area contributed by atoms with Crippen molar-refractivity contribution in [1.29, 1.82) is 0 Å². The first kappa shape index (κ1) is 15.3. The van der Waals surface area contributed by atoms with Gasteiger partial charge in [0.25, 0.3) is 0 Å². The number of aryl methyl sites for hydroxylation is 2. The van der Waals surface area contributed by atoms with Crippen LogP contribution in [0.15, 0.2) is 46.4 Å². The second-order valence-electron chi connectivity index (χ2n) is 4.67. The molecule has 0 unspecified atom stereocenters. The second kappa shape index (κ2) is 6.54. The standard InChI is InChI=1S/C16H18N2O2S/c1-10-7-8-12(9-11(10)2)20-13-5-4-6-14(21-3)15(13)16(17)18-19/h4-9,19H,1-3H3,(H2,17,18). The Balaban J connectivity index is 2.46. The van der Waals surface area contributed by atoms with Crippen LogP contribution in [0, 0.1) is 13.8 Å². The van der Waals surface area contributed by atoms with Crippen molar-refractivity contribution >= 4 is 17.6 Å². The lowest BCUT2D eigenvalue weighted by Crippen LogP contribution is -2.15. The van der Waals surface area contributed by atoms with Gasteiger partial charge in [-0.25, -0.2) is 0 Å². The first-order chi connectivity index (χ1) is 10.1. The minimum Gasteiger partial charge on any atom is -0.457 e. The van der Waals surface area contributed by atoms with Crippen molar-refractivity contribution < 1.29 is 9.94 Å². The highest BCUT2D eigenvalue weighted by atomic mass is 32.2. The Morgan fingerprint density at radius 1 is 1.19 bits per heavy atom. The first-order valence-corrected chi connectivity index (χ1v) is 7.69. The minimum atomic E-state index is 0.0405. The number of thioether (sulfide) groups is 1. The maximum atomic E-state index is 8.98. The molecule has 0 amide bonds. The Morgan fingerprint density at radius 2 is 1.95 bits per heavy atom. The van der Waals surface area contributed by atoms with Crippen LogP contribution < -0.4 is 10.5 Å². The molecule has 2 aromatic carbocycles. The van der Waals surface area contributed by atoms with Crippen molar-refractivity contribution in [2.75, 3.05) is 6.26 Å². The second-order valence-corrected chi connectivity index (χ2v) is 5.51. The molecule has 0 spiro atoms. The quantitative estimate of drug-likeness (QED) is 0.295. The Labute approximate surface area is 128 Å². The van der Waals surface area contributed by atoms with E-state index in [0.29, 0.717) is 11.3 Å². The molecule has 2 rings (SSSR count). The smallest absolute Gasteiger partial charge is 0.175 e. The molecule has 0 radical (unpaired) electrons. The van der Waals surface area contributed by atoms with Gasteiger partial charge in [0.2, 0.25) is 0 Å². The zero-order valence-corrected chi connectivity index (χ0v) is 13.1. The third-order valence-corrected chi connectivity index (χ3v) is 4.06. The van der Waals surface area contributed by atoms with Gasteiger partial charge < -0.3 is 15.7 Å². The SMILES string of the molecule is CSc1cccc(Oc2ccc(C)c(C)c2)c1/C(N)=N/O. The van der Waals surface area contributed by atoms with E-state index in [1.54, 1.807) is 0 Å². The number of benzene rings is 2. The molecule has 0 fully saturated rings. The molecule has 0 heterocycles. The summed E-state index contributed by atoms with van der Waals surface area (Å²) in [4.78, 5) is 0.895. The van der Waals surface area contributed by atoms with Gasteiger partial charge in [-0.2, -0.15) is 0 Å². The van der Waals surface area contributed by atoms with E-state index in [4.69, 9.17) is 15.7 Å². The van der Waals surface area contributed by atoms with Crippen LogP contribution in [0.25, 0.3) is 0 Å². The van der Waals surface area contributed by atoms with Crippen LogP contribution in [-0.4, -0.2) is 17.3 Å². The largest absolute Gasteiger partial charge is 0.457 e. The van der Waals surface area contributed by atoms with Crippen LogP contribution in [0.5, 0.6) is 11.5 Å². The number of nitrogens with zero attached hydrogens (tertiary/aromatic N) is 1. The van der Waals surface area contributed by atoms with Crippen molar-refractivity contribution in [3.8, 4) is 11.5 Å². The summed E-state index contributed by atoms with van der Waals surface area (Å²) >= 11 is 1.52. The van der Waals surface area contributed by atoms with Crippen LogP contribution in [0.2, 0.25) is 0 Å². The molecule has 0 aliphatic rings. The fourth-order valence-electron chi connectivity index (χ4n) is 1.97. The van der Waals surface area contributed by atoms with E-state index in [-0.39, 0.29) is 5.84 Å². The van der Waals surface area contributed by atoms with E-state index < -0.39 is 0 Å². The minimum absolute atomic E-state index is 0.0405. The molecule has 0 saturated heterocycles. The monoisotopic (exact) mass is 302 g/mol. The van der Waals surface area contributed by atoms with Gasteiger partial charge in [0.15, 0.2) is 5.84 Å². The van der Waals surface area contributed by atoms with Crippen LogP contribution in [-0.2, 0) is 0 Å². The summed E-state index contributed by atoms with van der Waals surface area (Å²) in [7, 11) is 0. The van der Waals surface area contributed by atoms with E-state index in [1.165, 1.54) is 17.3 Å². The zero-order valence-electron chi connectivity index (χ0n) is 12.3. The third kappa shape index (κ3) is 3.31. The van der Waals surface area contributed by atoms with Crippen molar-refractivity contribution in [3.05, 3.63) is 53.1 Å². The van der Waals surface area contributed by atoms with Crippen LogP contribution in [0.4, 0.5) is 0 Å². The predicted molar refractivity (Wildman–Crippen MR) is 86.7 cm³/mol. The number of hydrogen-bond donors (Lipinski definition) is 2. The maximum Gasteiger partial charge on any atom is 0.175 e. The topological polar surface area (TPSA) is 67.8 Å². The van der Waals surface area contributed by atoms with Gasteiger partial charge >= 0.3 is 0 Å². The Kier molecular flexibility index (Phi) is 4.75. The molecule has 4 nitrogen and oxygen atoms in total. The molecule has 0 aromatic heterocycles. The predicted octanol–water partition coefficient (Wildman–Crippen LogP) is 3.91. The van der Waals surface area contributed by atoms with E-state index in [9.17, 15) is 0 Å². The summed E-state index contributed by atoms with van der Waals surface area (Å²) in [6.07, 6.45) is 1.93. The average Bonchev–Trinajstić information content (AvgIpc) is 2.50. The van der Waals surface area contributed by atoms with E-state index in [0.717, 1.165) is 16.2 Å². The number of ether oxygens (including phenoxy) is 1. The van der Waals surface area contributed by atoms with Crippen molar-refractivity contribution in [3.63, 3.8) is 0 Å². The number of amidine groups is 1. The number of nitrogens with two attached hydrogens (primary N) is 1. The molecule has 5 heteroatoms. The fourth-order valence-corrected chi connectivity index (χ4v) is 2.60. The normalized spacial score (nSPS) is 11.5. The summed E-state index contributed by atoms with van der Waals surface area (Å²) in [5, 5.41) is 12.1. The summed E-state index contributed by atoms with van der Waals surface area (Å²) in [6, 6.07) is 11.5. The lowest BCUT2D eigenvalue weighted by Gasteiger charge is -2.14. The van der Waals surface area contributed by atoms with Crippen LogP contribution >= 0.6 is 11.8 Å². The molecule has 110 valence electrons. The molecule has 21 heavy (non-hydrogen) atoms. The van der Waals surface area contributed by atoms with Gasteiger partial charge in [0.05, 0.1) is 5.56 Å². The summed E-state index contributed by atoms with van der Waals surface area (Å²) in [5.41, 5.74) is 8.75. The van der Waals surface area contributed by atoms with E-state index in [2.05, 4.69) is 12.1 Å². The summed E-state index contributed by atoms with van der Waals surface area (Å²) in [5.74, 6) is 1.34. The fraction of sp³-hybridized carbons (Fsp3) is 0.188. The molecule has 0 saturated carbocycles. The van der Waals surface area contributed by atoms with Gasteiger partial charge in [-0.05, 0) is 55.5 Å². The van der Waals surface area contributed by atoms with Gasteiger partial charge in [0.1, 0.15) is 11.5 Å². The number of hydrogen-bond acceptors (Lipinski definition) is 4. The first-order valence-electron chi connectivity index (χ1n) is 6.46. The van der Waals surface area contributed by atoms with Gasteiger partial charge in [-0.1, -0.05) is 17.3 Å². The average molecular weight is 302 g/mol. The summed E-state index contributed by atoms with van der Waals surface area (Å²) < 4.78 is 5.93. The summed E-state index contributed by atoms with van der Waals surface area (Å²) in [6.45, 7) is 4.08. The Morgan fingerprint density at radius 3 is 2.57 bits per heavy atom. The lowest BCUT2D eigenvalue weighted by molar-refractivity contribution is 0.318. The van der Waals surface area contributed by atoms with Gasteiger partial charge in [-0.15, -0.1) is 11.8 Å². The molecule has 0 aliphatic carbocycles. The van der Waals surface area contributed by atoms with Crippen molar-refractivity contribution in [1.82, 2.24) is 0 Å². The Bertz CT molecular complexity index is 684. The Hall–Kier alpha value is -2.14. The molecular weight excluding hydrogens is 284 g/mol. The molecule has 0 atom stereocenters. The van der Waals surface area contributed by atoms with Gasteiger partial charge in [0, 0.05) is 4.90 Å². The molecular formula is C16H18N2O2S. The maximum absolute atomic E-state index is 8.98. The number of oxime groups is 1. The van der Waals surface area contributed by atoms with Crippen LogP contribution in [0.1, 0.15) is 16.7 Å². The van der Waals surface area contributed by atoms with Crippen molar-refractivity contribution in [2.45, 2.75) is 18.7 Å². The molecule has 2 aromatic rings. The van der Waals surface area contributed by atoms with E-state index >= 15 is 0 Å². The molecule has 0 aliphatic heterocycles. The highest BCUT2D eigenvalue weighted by Crippen LogP contribution is 2.32. The molecule has 3 N–H and O–H groups in total. The third-order valence-electron chi connectivity index (χ3n) is 3.28. The molecule has 0 bridgehead atoms. The highest BCUT2D eigenvalue weighted by Gasteiger charge is 2.14. The zero-order chi connectivity index (χ0) is 15.4. The van der Waals surface area contributed by atoms with Gasteiger partial charge in [-0.3, -0.25) is 0 Å².